The number of aryl methyl sites for hydroxylation is 2. The first-order valence-electron chi connectivity index (χ1n) is 6.28. The maximum absolute atomic E-state index is 6.05. The summed E-state index contributed by atoms with van der Waals surface area (Å²) in [4.78, 5) is 0. The van der Waals surface area contributed by atoms with Crippen LogP contribution in [-0.2, 0) is 0 Å². The summed E-state index contributed by atoms with van der Waals surface area (Å²) >= 11 is 6.03. The van der Waals surface area contributed by atoms with Crippen molar-refractivity contribution in [1.29, 1.82) is 0 Å². The molecule has 0 fully saturated rings. The molecule has 0 aliphatic carbocycles. The second-order valence-corrected chi connectivity index (χ2v) is 5.23. The summed E-state index contributed by atoms with van der Waals surface area (Å²) in [7, 11) is 0. The number of rotatable bonds is 3. The molecule has 0 amide bonds. The van der Waals surface area contributed by atoms with Gasteiger partial charge >= 0.3 is 0 Å². The van der Waals surface area contributed by atoms with Crippen molar-refractivity contribution in [3.8, 4) is 11.5 Å². The molecule has 2 N–H and O–H groups in total. The van der Waals surface area contributed by atoms with E-state index in [4.69, 9.17) is 22.1 Å². The summed E-state index contributed by atoms with van der Waals surface area (Å²) in [6, 6.07) is 11.6. The number of halogens is 1. The van der Waals surface area contributed by atoms with E-state index in [2.05, 4.69) is 0 Å². The summed E-state index contributed by atoms with van der Waals surface area (Å²) in [5.41, 5.74) is 9.00. The molecule has 2 rings (SSSR count). The van der Waals surface area contributed by atoms with Crippen molar-refractivity contribution in [3.63, 3.8) is 0 Å². The first-order chi connectivity index (χ1) is 8.99. The third-order valence-electron chi connectivity index (χ3n) is 3.05. The predicted octanol–water partition coefficient (Wildman–Crippen LogP) is 4.77. The van der Waals surface area contributed by atoms with Gasteiger partial charge in [-0.3, -0.25) is 0 Å². The van der Waals surface area contributed by atoms with Crippen LogP contribution in [-0.4, -0.2) is 0 Å². The minimum atomic E-state index is -0.0656. The fraction of sp³-hybridized carbons (Fsp3) is 0.250. The van der Waals surface area contributed by atoms with Crippen molar-refractivity contribution < 1.29 is 4.74 Å². The summed E-state index contributed by atoms with van der Waals surface area (Å²) in [5, 5.41) is 0.725. The molecule has 0 aromatic heterocycles. The molecule has 100 valence electrons. The van der Waals surface area contributed by atoms with E-state index in [-0.39, 0.29) is 6.04 Å². The van der Waals surface area contributed by atoms with Crippen LogP contribution < -0.4 is 10.5 Å². The molecule has 0 saturated carbocycles. The van der Waals surface area contributed by atoms with Gasteiger partial charge in [0.15, 0.2) is 0 Å². The average molecular weight is 276 g/mol. The van der Waals surface area contributed by atoms with Crippen LogP contribution in [0.1, 0.15) is 29.7 Å². The fourth-order valence-electron chi connectivity index (χ4n) is 2.12. The highest BCUT2D eigenvalue weighted by Gasteiger charge is 2.11. The van der Waals surface area contributed by atoms with E-state index in [1.165, 1.54) is 0 Å². The van der Waals surface area contributed by atoms with Crippen molar-refractivity contribution in [1.82, 2.24) is 0 Å². The maximum atomic E-state index is 6.05. The average Bonchev–Trinajstić information content (AvgIpc) is 2.34. The number of nitrogens with two attached hydrogens (primary N) is 1. The highest BCUT2D eigenvalue weighted by Crippen LogP contribution is 2.34. The highest BCUT2D eigenvalue weighted by molar-refractivity contribution is 6.30. The van der Waals surface area contributed by atoms with Crippen LogP contribution in [0.15, 0.2) is 36.4 Å². The normalized spacial score (nSPS) is 12.3. The van der Waals surface area contributed by atoms with Crippen molar-refractivity contribution in [2.75, 3.05) is 0 Å². The second-order valence-electron chi connectivity index (χ2n) is 4.80. The minimum Gasteiger partial charge on any atom is -0.456 e. The predicted molar refractivity (Wildman–Crippen MR) is 80.0 cm³/mol. The lowest BCUT2D eigenvalue weighted by molar-refractivity contribution is 0.465. The van der Waals surface area contributed by atoms with Gasteiger partial charge in [0.2, 0.25) is 0 Å². The zero-order chi connectivity index (χ0) is 14.0. The molecule has 0 saturated heterocycles. The Labute approximate surface area is 119 Å². The van der Waals surface area contributed by atoms with Gasteiger partial charge < -0.3 is 10.5 Å². The van der Waals surface area contributed by atoms with E-state index in [0.29, 0.717) is 0 Å². The van der Waals surface area contributed by atoms with E-state index in [1.807, 2.05) is 57.2 Å². The molecular formula is C16H18ClNO. The Bertz CT molecular complexity index is 570. The molecule has 1 atom stereocenters. The van der Waals surface area contributed by atoms with Gasteiger partial charge in [-0.1, -0.05) is 29.8 Å². The third-order valence-corrected chi connectivity index (χ3v) is 3.26. The molecular weight excluding hydrogens is 258 g/mol. The van der Waals surface area contributed by atoms with Gasteiger partial charge in [0.05, 0.1) is 0 Å². The third kappa shape index (κ3) is 3.09. The van der Waals surface area contributed by atoms with Gasteiger partial charge in [0.25, 0.3) is 0 Å². The van der Waals surface area contributed by atoms with E-state index in [1.54, 1.807) is 0 Å². The number of hydrogen-bond donors (Lipinski definition) is 1. The van der Waals surface area contributed by atoms with E-state index in [9.17, 15) is 0 Å². The van der Waals surface area contributed by atoms with Crippen LogP contribution in [0.4, 0.5) is 0 Å². The molecule has 2 aromatic carbocycles. The Morgan fingerprint density at radius 1 is 1.11 bits per heavy atom. The van der Waals surface area contributed by atoms with Crippen molar-refractivity contribution >= 4 is 11.6 Å². The second kappa shape index (κ2) is 5.64. The van der Waals surface area contributed by atoms with Crippen LogP contribution in [0.5, 0.6) is 11.5 Å². The number of ether oxygens (including phenoxy) is 1. The zero-order valence-electron chi connectivity index (χ0n) is 11.4. The first kappa shape index (κ1) is 13.9. The molecule has 3 heteroatoms. The molecule has 0 bridgehead atoms. The van der Waals surface area contributed by atoms with Gasteiger partial charge in [-0.25, -0.2) is 0 Å². The molecule has 2 nitrogen and oxygen atoms in total. The molecule has 0 radical (unpaired) electrons. The molecule has 19 heavy (non-hydrogen) atoms. The number of para-hydroxylation sites is 1. The van der Waals surface area contributed by atoms with Gasteiger partial charge in [0.1, 0.15) is 11.5 Å². The Morgan fingerprint density at radius 2 is 1.68 bits per heavy atom. The summed E-state index contributed by atoms with van der Waals surface area (Å²) in [5.74, 6) is 1.64. The van der Waals surface area contributed by atoms with Crippen LogP contribution in [0.25, 0.3) is 0 Å². The molecule has 0 heterocycles. The maximum Gasteiger partial charge on any atom is 0.133 e. The zero-order valence-corrected chi connectivity index (χ0v) is 12.2. The van der Waals surface area contributed by atoms with E-state index >= 15 is 0 Å². The molecule has 2 aromatic rings. The van der Waals surface area contributed by atoms with Crippen molar-refractivity contribution in [3.05, 3.63) is 58.1 Å². The minimum absolute atomic E-state index is 0.0656. The van der Waals surface area contributed by atoms with Gasteiger partial charge in [0, 0.05) is 16.6 Å². The quantitative estimate of drug-likeness (QED) is 0.876. The molecule has 0 aliphatic rings. The lowest BCUT2D eigenvalue weighted by Crippen LogP contribution is -2.06. The first-order valence-corrected chi connectivity index (χ1v) is 6.66. The van der Waals surface area contributed by atoms with Crippen molar-refractivity contribution in [2.24, 2.45) is 5.73 Å². The van der Waals surface area contributed by atoms with Crippen LogP contribution in [0.3, 0.4) is 0 Å². The fourth-order valence-corrected chi connectivity index (χ4v) is 2.45. The summed E-state index contributed by atoms with van der Waals surface area (Å²) in [6.07, 6.45) is 0. The topological polar surface area (TPSA) is 35.2 Å². The van der Waals surface area contributed by atoms with Gasteiger partial charge in [-0.15, -0.1) is 0 Å². The standard InChI is InChI=1S/C16H18ClNO/c1-10-8-13(17)9-11(2)16(10)19-15-7-5-4-6-14(15)12(3)18/h4-9,12H,18H2,1-3H3/t12-/m1/s1. The smallest absolute Gasteiger partial charge is 0.133 e. The lowest BCUT2D eigenvalue weighted by atomic mass is 10.1. The summed E-state index contributed by atoms with van der Waals surface area (Å²) in [6.45, 7) is 5.93. The van der Waals surface area contributed by atoms with Gasteiger partial charge in [-0.05, 0) is 50.1 Å². The summed E-state index contributed by atoms with van der Waals surface area (Å²) < 4.78 is 6.05. The SMILES string of the molecule is Cc1cc(Cl)cc(C)c1Oc1ccccc1[C@@H](C)N. The van der Waals surface area contributed by atoms with Gasteiger partial charge in [-0.2, -0.15) is 0 Å². The number of hydrogen-bond acceptors (Lipinski definition) is 2. The van der Waals surface area contributed by atoms with Crippen LogP contribution in [0.2, 0.25) is 5.02 Å². The Morgan fingerprint density at radius 3 is 2.26 bits per heavy atom. The molecule has 0 unspecified atom stereocenters. The number of benzene rings is 2. The molecule has 0 aliphatic heterocycles. The van der Waals surface area contributed by atoms with Crippen LogP contribution in [0, 0.1) is 13.8 Å². The Kier molecular flexibility index (Phi) is 4.13. The van der Waals surface area contributed by atoms with Crippen molar-refractivity contribution in [2.45, 2.75) is 26.8 Å². The largest absolute Gasteiger partial charge is 0.456 e. The Balaban J connectivity index is 2.42. The monoisotopic (exact) mass is 275 g/mol. The lowest BCUT2D eigenvalue weighted by Gasteiger charge is -2.16. The van der Waals surface area contributed by atoms with E-state index < -0.39 is 0 Å². The molecule has 0 spiro atoms. The Hall–Kier alpha value is -1.51. The highest BCUT2D eigenvalue weighted by atomic mass is 35.5. The van der Waals surface area contributed by atoms with Crippen LogP contribution >= 0.6 is 11.6 Å². The van der Waals surface area contributed by atoms with E-state index in [0.717, 1.165) is 33.2 Å².